The van der Waals surface area contributed by atoms with Crippen LogP contribution in [0, 0.1) is 0 Å². The van der Waals surface area contributed by atoms with Crippen LogP contribution < -0.4 is 20.6 Å². The van der Waals surface area contributed by atoms with Crippen LogP contribution in [0.15, 0.2) is 0 Å². The van der Waals surface area contributed by atoms with Crippen LogP contribution >= 0.6 is 0 Å². The molecule has 0 aromatic carbocycles. The lowest BCUT2D eigenvalue weighted by atomic mass is 10.1. The predicted molar refractivity (Wildman–Crippen MR) is 96.3 cm³/mol. The van der Waals surface area contributed by atoms with Crippen molar-refractivity contribution in [3.05, 3.63) is 0 Å². The molecule has 0 fully saturated rings. The van der Waals surface area contributed by atoms with Crippen LogP contribution in [0.2, 0.25) is 0 Å². The van der Waals surface area contributed by atoms with Gasteiger partial charge in [0.15, 0.2) is 0 Å². The van der Waals surface area contributed by atoms with E-state index in [2.05, 4.69) is 74.1 Å². The molecule has 0 radical (unpaired) electrons. The second kappa shape index (κ2) is 10.6. The quantitative estimate of drug-likeness (QED) is 0.230. The summed E-state index contributed by atoms with van der Waals surface area (Å²) in [7, 11) is 2.19. The Bertz CT molecular complexity index is 291. The van der Waals surface area contributed by atoms with Crippen LogP contribution in [-0.4, -0.2) is 61.9 Å². The molecule has 0 bridgehead atoms. The molecule has 5 heteroatoms. The van der Waals surface area contributed by atoms with Gasteiger partial charge in [-0.05, 0) is 61.4 Å². The first kappa shape index (κ1) is 20.9. The number of nitrogens with zero attached hydrogens (tertiary/aromatic N) is 1. The number of hydrogen-bond donors (Lipinski definition) is 4. The zero-order chi connectivity index (χ0) is 17.1. The maximum Gasteiger partial charge on any atom is 0.230 e. The molecule has 0 spiro atoms. The van der Waals surface area contributed by atoms with E-state index in [0.29, 0.717) is 0 Å². The van der Waals surface area contributed by atoms with Gasteiger partial charge >= 0.3 is 0 Å². The normalized spacial score (nSPS) is 13.5. The third kappa shape index (κ3) is 17.0. The average Bonchev–Trinajstić information content (AvgIpc) is 2.35. The van der Waals surface area contributed by atoms with Crippen LogP contribution in [0.4, 0.5) is 0 Å². The summed E-state index contributed by atoms with van der Waals surface area (Å²) < 4.78 is 0. The van der Waals surface area contributed by atoms with Crippen molar-refractivity contribution < 1.29 is 9.98 Å². The van der Waals surface area contributed by atoms with Crippen molar-refractivity contribution in [2.45, 2.75) is 65.5 Å². The van der Waals surface area contributed by atoms with Crippen LogP contribution in [-0.2, 0) is 0 Å². The first-order valence-corrected chi connectivity index (χ1v) is 8.44. The topological polar surface area (TPSA) is 55.2 Å². The fraction of sp³-hybridized carbons (Fsp3) is 0.882. The Morgan fingerprint density at radius 3 is 1.45 bits per heavy atom. The lowest BCUT2D eigenvalue weighted by Gasteiger charge is -2.14. The minimum Gasteiger partial charge on any atom is -0.306 e. The van der Waals surface area contributed by atoms with Gasteiger partial charge in [0, 0.05) is 13.1 Å². The summed E-state index contributed by atoms with van der Waals surface area (Å²) in [6, 6.07) is 0. The maximum atomic E-state index is 3.31. The van der Waals surface area contributed by atoms with Crippen molar-refractivity contribution in [1.82, 2.24) is 15.5 Å². The highest BCUT2D eigenvalue weighted by molar-refractivity contribution is 5.48. The van der Waals surface area contributed by atoms with Gasteiger partial charge in [-0.25, -0.2) is 0 Å². The van der Waals surface area contributed by atoms with E-state index in [9.17, 15) is 0 Å². The standard InChI is InChI=1S/C17H37N5/c1-16(2,3)20-14-18-10-8-12-22(7)13-9-11-19-15-21-17(4,5)6/h14-15H,8-13H2,1-7H3,(H,18,20)(H,19,21)/p+2. The van der Waals surface area contributed by atoms with Crippen molar-refractivity contribution >= 4 is 12.7 Å². The molecule has 5 nitrogen and oxygen atoms in total. The molecule has 0 aliphatic carbocycles. The molecule has 0 saturated heterocycles. The molecule has 0 aliphatic heterocycles. The zero-order valence-corrected chi connectivity index (χ0v) is 15.8. The van der Waals surface area contributed by atoms with Crippen molar-refractivity contribution in [2.24, 2.45) is 0 Å². The molecule has 4 N–H and O–H groups in total. The van der Waals surface area contributed by atoms with E-state index in [4.69, 9.17) is 0 Å². The molecule has 0 aromatic heterocycles. The van der Waals surface area contributed by atoms with Crippen LogP contribution in [0.25, 0.3) is 0 Å². The summed E-state index contributed by atoms with van der Waals surface area (Å²) in [4.78, 5) is 9.00. The minimum atomic E-state index is 0.135. The fourth-order valence-electron chi connectivity index (χ4n) is 1.69. The molecule has 0 heterocycles. The van der Waals surface area contributed by atoms with Gasteiger partial charge in [0.05, 0.1) is 24.2 Å². The highest BCUT2D eigenvalue weighted by atomic mass is 15.1. The molecular weight excluding hydrogens is 274 g/mol. The van der Waals surface area contributed by atoms with E-state index in [-0.39, 0.29) is 11.1 Å². The first-order chi connectivity index (χ1) is 10.1. The fourth-order valence-corrected chi connectivity index (χ4v) is 1.69. The Kier molecular flexibility index (Phi) is 10.1. The predicted octanol–water partition coefficient (Wildman–Crippen LogP) is -1.31. The van der Waals surface area contributed by atoms with Gasteiger partial charge < -0.3 is 4.90 Å². The molecular formula is C17H39N5+2. The smallest absolute Gasteiger partial charge is 0.230 e. The molecule has 22 heavy (non-hydrogen) atoms. The van der Waals surface area contributed by atoms with Crippen LogP contribution in [0.1, 0.15) is 54.4 Å². The van der Waals surface area contributed by atoms with Gasteiger partial charge in [0.2, 0.25) is 12.7 Å². The van der Waals surface area contributed by atoms with Crippen LogP contribution in [0.3, 0.4) is 0 Å². The van der Waals surface area contributed by atoms with Crippen molar-refractivity contribution in [1.29, 1.82) is 0 Å². The molecule has 130 valence electrons. The Balaban J connectivity index is 3.53. The summed E-state index contributed by atoms with van der Waals surface area (Å²) in [5.74, 6) is 0. The van der Waals surface area contributed by atoms with Gasteiger partial charge in [-0.1, -0.05) is 0 Å². The Hall–Kier alpha value is -1.10. The summed E-state index contributed by atoms with van der Waals surface area (Å²) in [6.07, 6.45) is 6.23. The second-order valence-electron chi connectivity index (χ2n) is 8.00. The molecule has 0 amide bonds. The van der Waals surface area contributed by atoms with Crippen molar-refractivity contribution in [2.75, 3.05) is 33.2 Å². The Morgan fingerprint density at radius 1 is 0.773 bits per heavy atom. The number of rotatable bonds is 10. The SMILES string of the molecule is CN(CCC[NH+]=CNC(C)(C)C)CCC[NH+]=CNC(C)(C)C. The monoisotopic (exact) mass is 313 g/mol. The third-order valence-corrected chi connectivity index (χ3v) is 2.94. The summed E-state index contributed by atoms with van der Waals surface area (Å²) in [5.41, 5.74) is 0.269. The lowest BCUT2D eigenvalue weighted by molar-refractivity contribution is -0.455. The molecule has 0 rings (SSSR count). The van der Waals surface area contributed by atoms with E-state index in [1.54, 1.807) is 0 Å². The van der Waals surface area contributed by atoms with Gasteiger partial charge in [-0.2, -0.15) is 0 Å². The molecule has 0 saturated carbocycles. The van der Waals surface area contributed by atoms with E-state index in [1.165, 1.54) is 0 Å². The molecule has 0 unspecified atom stereocenters. The van der Waals surface area contributed by atoms with E-state index in [0.717, 1.165) is 39.0 Å². The molecule has 0 aliphatic rings. The van der Waals surface area contributed by atoms with Crippen molar-refractivity contribution in [3.63, 3.8) is 0 Å². The maximum absolute atomic E-state index is 3.31. The Morgan fingerprint density at radius 2 is 1.14 bits per heavy atom. The average molecular weight is 314 g/mol. The Labute approximate surface area is 137 Å². The van der Waals surface area contributed by atoms with Gasteiger partial charge in [-0.15, -0.1) is 0 Å². The zero-order valence-electron chi connectivity index (χ0n) is 15.8. The highest BCUT2D eigenvalue weighted by Gasteiger charge is 2.11. The summed E-state index contributed by atoms with van der Waals surface area (Å²) in [6.45, 7) is 17.2. The summed E-state index contributed by atoms with van der Waals surface area (Å²) >= 11 is 0. The molecule has 0 atom stereocenters. The third-order valence-electron chi connectivity index (χ3n) is 2.94. The van der Waals surface area contributed by atoms with Gasteiger partial charge in [0.25, 0.3) is 0 Å². The summed E-state index contributed by atoms with van der Waals surface area (Å²) in [5, 5.41) is 6.61. The minimum absolute atomic E-state index is 0.135. The number of hydrogen-bond acceptors (Lipinski definition) is 1. The van der Waals surface area contributed by atoms with E-state index >= 15 is 0 Å². The van der Waals surface area contributed by atoms with Gasteiger partial charge in [0.1, 0.15) is 0 Å². The van der Waals surface area contributed by atoms with Gasteiger partial charge in [-0.3, -0.25) is 20.6 Å². The largest absolute Gasteiger partial charge is 0.306 e. The molecule has 0 aromatic rings. The second-order valence-corrected chi connectivity index (χ2v) is 8.00. The first-order valence-electron chi connectivity index (χ1n) is 8.44. The van der Waals surface area contributed by atoms with E-state index in [1.807, 2.05) is 12.7 Å². The van der Waals surface area contributed by atoms with Crippen LogP contribution in [0.5, 0.6) is 0 Å². The highest BCUT2D eigenvalue weighted by Crippen LogP contribution is 1.95. The van der Waals surface area contributed by atoms with E-state index < -0.39 is 0 Å². The lowest BCUT2D eigenvalue weighted by Crippen LogP contribution is -2.73. The van der Waals surface area contributed by atoms with Crippen molar-refractivity contribution in [3.8, 4) is 0 Å². The number of nitrogens with one attached hydrogen (secondary N) is 4.